The van der Waals surface area contributed by atoms with E-state index in [0.29, 0.717) is 5.69 Å². The minimum absolute atomic E-state index is 0.171. The van der Waals surface area contributed by atoms with Crippen LogP contribution in [-0.2, 0) is 17.8 Å². The number of imide groups is 1. The van der Waals surface area contributed by atoms with E-state index < -0.39 is 0 Å². The zero-order valence-corrected chi connectivity index (χ0v) is 15.2. The van der Waals surface area contributed by atoms with E-state index in [2.05, 4.69) is 44.3 Å². The fourth-order valence-corrected chi connectivity index (χ4v) is 3.75. The number of anilines is 1. The van der Waals surface area contributed by atoms with Gasteiger partial charge in [0.2, 0.25) is 5.91 Å². The molecule has 2 aliphatic heterocycles. The maximum Gasteiger partial charge on any atom is 0.329 e. The molecular formula is C19H18BrN3O2. The number of fused-ring (bicyclic) bond motifs is 1. The highest BCUT2D eigenvalue weighted by molar-refractivity contribution is 9.10. The molecule has 1 fully saturated rings. The molecule has 1 N–H and O–H groups in total. The monoisotopic (exact) mass is 399 g/mol. The van der Waals surface area contributed by atoms with E-state index in [-0.39, 0.29) is 24.5 Å². The third kappa shape index (κ3) is 3.19. The predicted octanol–water partition coefficient (Wildman–Crippen LogP) is 3.28. The van der Waals surface area contributed by atoms with Crippen LogP contribution < -0.4 is 10.2 Å². The largest absolute Gasteiger partial charge is 0.329 e. The minimum atomic E-state index is -0.359. The van der Waals surface area contributed by atoms with E-state index in [1.54, 1.807) is 12.1 Å². The maximum atomic E-state index is 12.6. The number of halogens is 1. The van der Waals surface area contributed by atoms with Gasteiger partial charge < -0.3 is 5.32 Å². The van der Waals surface area contributed by atoms with Gasteiger partial charge in [-0.2, -0.15) is 0 Å². The molecule has 2 aromatic carbocycles. The van der Waals surface area contributed by atoms with Crippen molar-refractivity contribution in [3.63, 3.8) is 0 Å². The van der Waals surface area contributed by atoms with Crippen LogP contribution in [0.15, 0.2) is 53.0 Å². The molecule has 6 heteroatoms. The van der Waals surface area contributed by atoms with Crippen LogP contribution >= 0.6 is 15.9 Å². The van der Waals surface area contributed by atoms with Crippen LogP contribution in [0.3, 0.4) is 0 Å². The topological polar surface area (TPSA) is 52.7 Å². The van der Waals surface area contributed by atoms with Gasteiger partial charge in [0.05, 0.1) is 18.3 Å². The fraction of sp³-hybridized carbons (Fsp3) is 0.263. The van der Waals surface area contributed by atoms with Gasteiger partial charge in [-0.3, -0.25) is 9.69 Å². The van der Waals surface area contributed by atoms with E-state index in [0.717, 1.165) is 24.0 Å². The van der Waals surface area contributed by atoms with Crippen LogP contribution in [0.2, 0.25) is 0 Å². The lowest BCUT2D eigenvalue weighted by Crippen LogP contribution is -2.61. The molecule has 0 aliphatic carbocycles. The zero-order chi connectivity index (χ0) is 17.4. The van der Waals surface area contributed by atoms with Crippen molar-refractivity contribution in [1.29, 1.82) is 0 Å². The van der Waals surface area contributed by atoms with Crippen molar-refractivity contribution >= 4 is 33.6 Å². The summed E-state index contributed by atoms with van der Waals surface area (Å²) in [6, 6.07) is 15.2. The summed E-state index contributed by atoms with van der Waals surface area (Å²) in [5, 5.41) is 2.99. The molecular weight excluding hydrogens is 382 g/mol. The first-order valence-electron chi connectivity index (χ1n) is 8.32. The zero-order valence-electron chi connectivity index (χ0n) is 13.6. The van der Waals surface area contributed by atoms with Crippen molar-refractivity contribution in [2.24, 2.45) is 0 Å². The molecule has 0 bridgehead atoms. The van der Waals surface area contributed by atoms with E-state index in [9.17, 15) is 9.59 Å². The molecule has 2 heterocycles. The van der Waals surface area contributed by atoms with Crippen LogP contribution in [-0.4, -0.2) is 29.5 Å². The highest BCUT2D eigenvalue weighted by atomic mass is 79.9. The lowest BCUT2D eigenvalue weighted by molar-refractivity contribution is -0.120. The van der Waals surface area contributed by atoms with Gasteiger partial charge in [-0.15, -0.1) is 0 Å². The normalized spacial score (nSPS) is 21.0. The Labute approximate surface area is 154 Å². The third-order valence-corrected chi connectivity index (χ3v) is 5.32. The number of benzene rings is 2. The molecule has 0 radical (unpaired) electrons. The summed E-state index contributed by atoms with van der Waals surface area (Å²) in [7, 11) is 0. The van der Waals surface area contributed by atoms with Gasteiger partial charge in [-0.1, -0.05) is 40.2 Å². The van der Waals surface area contributed by atoms with Crippen molar-refractivity contribution < 1.29 is 9.59 Å². The van der Waals surface area contributed by atoms with Gasteiger partial charge in [0.1, 0.15) is 0 Å². The van der Waals surface area contributed by atoms with Gasteiger partial charge in [0.15, 0.2) is 0 Å². The summed E-state index contributed by atoms with van der Waals surface area (Å²) in [4.78, 5) is 28.6. The lowest BCUT2D eigenvalue weighted by atomic mass is 9.99. The molecule has 5 nitrogen and oxygen atoms in total. The first-order chi connectivity index (χ1) is 12.1. The summed E-state index contributed by atoms with van der Waals surface area (Å²) >= 11 is 3.36. The third-order valence-electron chi connectivity index (χ3n) is 4.80. The predicted molar refractivity (Wildman–Crippen MR) is 99.1 cm³/mol. The number of nitrogens with one attached hydrogen (secondary N) is 1. The Morgan fingerprint density at radius 2 is 1.72 bits per heavy atom. The van der Waals surface area contributed by atoms with Crippen molar-refractivity contribution in [2.75, 3.05) is 11.4 Å². The number of carbonyl (C=O) groups is 2. The molecule has 2 aliphatic rings. The number of hydrogen-bond donors (Lipinski definition) is 1. The lowest BCUT2D eigenvalue weighted by Gasteiger charge is -2.40. The number of carbonyl (C=O) groups excluding carboxylic acids is 2. The summed E-state index contributed by atoms with van der Waals surface area (Å²) in [6.45, 7) is 1.60. The Morgan fingerprint density at radius 3 is 2.44 bits per heavy atom. The molecule has 2 aromatic rings. The molecule has 0 spiro atoms. The summed E-state index contributed by atoms with van der Waals surface area (Å²) < 4.78 is 0.908. The van der Waals surface area contributed by atoms with Gasteiger partial charge in [0, 0.05) is 17.6 Å². The van der Waals surface area contributed by atoms with E-state index >= 15 is 0 Å². The van der Waals surface area contributed by atoms with E-state index in [1.165, 1.54) is 16.0 Å². The Morgan fingerprint density at radius 1 is 1.00 bits per heavy atom. The van der Waals surface area contributed by atoms with Crippen LogP contribution in [0.5, 0.6) is 0 Å². The standard InChI is InChI=1S/C19H18BrN3O2/c20-15-5-7-16(8-6-15)23-18(24)11-17(21-19(23)25)22-10-9-13-3-1-2-4-14(13)12-22/h1-8,17H,9-12H2,(H,21,25). The Balaban J connectivity index is 1.50. The van der Waals surface area contributed by atoms with Crippen LogP contribution in [0.25, 0.3) is 0 Å². The molecule has 25 heavy (non-hydrogen) atoms. The average Bonchev–Trinajstić information content (AvgIpc) is 2.62. The van der Waals surface area contributed by atoms with Crippen molar-refractivity contribution in [3.8, 4) is 0 Å². The van der Waals surface area contributed by atoms with Gasteiger partial charge >= 0.3 is 6.03 Å². The maximum absolute atomic E-state index is 12.6. The molecule has 128 valence electrons. The van der Waals surface area contributed by atoms with Crippen molar-refractivity contribution in [2.45, 2.75) is 25.6 Å². The van der Waals surface area contributed by atoms with Crippen LogP contribution in [0.4, 0.5) is 10.5 Å². The molecule has 0 saturated carbocycles. The molecule has 4 rings (SSSR count). The number of nitrogens with zero attached hydrogens (tertiary/aromatic N) is 2. The van der Waals surface area contributed by atoms with E-state index in [1.807, 2.05) is 18.2 Å². The Hall–Kier alpha value is -2.18. The highest BCUT2D eigenvalue weighted by Gasteiger charge is 2.36. The first-order valence-corrected chi connectivity index (χ1v) is 9.11. The average molecular weight is 400 g/mol. The van der Waals surface area contributed by atoms with Gasteiger partial charge in [0.25, 0.3) is 0 Å². The van der Waals surface area contributed by atoms with Gasteiger partial charge in [-0.25, -0.2) is 9.69 Å². The molecule has 1 unspecified atom stereocenters. The number of rotatable bonds is 2. The minimum Gasteiger partial charge on any atom is -0.321 e. The second-order valence-electron chi connectivity index (χ2n) is 6.36. The highest BCUT2D eigenvalue weighted by Crippen LogP contribution is 2.25. The smallest absolute Gasteiger partial charge is 0.321 e. The molecule has 3 amide bonds. The summed E-state index contributed by atoms with van der Waals surface area (Å²) in [5.74, 6) is -0.171. The van der Waals surface area contributed by atoms with Crippen LogP contribution in [0, 0.1) is 0 Å². The Bertz CT molecular complexity index is 804. The van der Waals surface area contributed by atoms with E-state index in [4.69, 9.17) is 0 Å². The SMILES string of the molecule is O=C1CC(N2CCc3ccccc3C2)NC(=O)N1c1ccc(Br)cc1. The number of hydrogen-bond acceptors (Lipinski definition) is 3. The number of amides is 3. The Kier molecular flexibility index (Phi) is 4.31. The first kappa shape index (κ1) is 16.3. The fourth-order valence-electron chi connectivity index (χ4n) is 3.48. The molecule has 1 saturated heterocycles. The quantitative estimate of drug-likeness (QED) is 0.842. The van der Waals surface area contributed by atoms with Crippen molar-refractivity contribution in [1.82, 2.24) is 10.2 Å². The summed E-state index contributed by atoms with van der Waals surface area (Å²) in [6.07, 6.45) is 0.969. The second kappa shape index (κ2) is 6.61. The second-order valence-corrected chi connectivity index (χ2v) is 7.28. The van der Waals surface area contributed by atoms with Gasteiger partial charge in [-0.05, 0) is 41.8 Å². The van der Waals surface area contributed by atoms with Crippen LogP contribution in [0.1, 0.15) is 17.5 Å². The number of urea groups is 1. The molecule has 1 atom stereocenters. The molecule has 0 aromatic heterocycles. The summed E-state index contributed by atoms with van der Waals surface area (Å²) in [5.41, 5.74) is 3.21. The van der Waals surface area contributed by atoms with Crippen molar-refractivity contribution in [3.05, 3.63) is 64.1 Å².